The van der Waals surface area contributed by atoms with E-state index < -0.39 is 0 Å². The third kappa shape index (κ3) is 24.4. The van der Waals surface area contributed by atoms with E-state index >= 15 is 0 Å². The summed E-state index contributed by atoms with van der Waals surface area (Å²) in [6.07, 6.45) is 2.58. The first-order valence-electron chi connectivity index (χ1n) is 3.18. The number of nitrogens with two attached hydrogens (primary N) is 2. The Labute approximate surface area is 72.4 Å². The topological polar surface area (TPSA) is 99.6 Å². The molecule has 4 heteroatoms. The Kier molecular flexibility index (Phi) is 9.60. The monoisotopic (exact) mass is 164 g/mol. The van der Waals surface area contributed by atoms with Crippen molar-refractivity contribution in [1.82, 2.24) is 0 Å². The van der Waals surface area contributed by atoms with Crippen LogP contribution in [0.3, 0.4) is 0 Å². The van der Waals surface area contributed by atoms with E-state index in [1.54, 1.807) is 26.0 Å². The molecule has 0 aliphatic carbocycles. The summed E-state index contributed by atoms with van der Waals surface area (Å²) in [6.45, 7) is 3.34. The highest BCUT2D eigenvalue weighted by atomic mass is 14.5. The van der Waals surface area contributed by atoms with Gasteiger partial charge in [0.2, 0.25) is 0 Å². The lowest BCUT2D eigenvalue weighted by Gasteiger charge is -1.74. The van der Waals surface area contributed by atoms with Gasteiger partial charge in [-0.15, -0.1) is 0 Å². The van der Waals surface area contributed by atoms with Crippen LogP contribution in [-0.4, -0.2) is 0 Å². The Morgan fingerprint density at radius 2 is 1.25 bits per heavy atom. The molecule has 0 heterocycles. The van der Waals surface area contributed by atoms with Crippen LogP contribution in [0.25, 0.3) is 0 Å². The molecule has 0 aromatic carbocycles. The van der Waals surface area contributed by atoms with Crippen molar-refractivity contribution >= 4 is 0 Å². The van der Waals surface area contributed by atoms with Crippen molar-refractivity contribution in [3.63, 3.8) is 0 Å². The summed E-state index contributed by atoms with van der Waals surface area (Å²) in [6, 6.07) is 3.56. The molecule has 12 heavy (non-hydrogen) atoms. The predicted molar refractivity (Wildman–Crippen MR) is 47.1 cm³/mol. The molecular formula is C8H12N4. The molecule has 0 rings (SSSR count). The Hall–Kier alpha value is -1.94. The summed E-state index contributed by atoms with van der Waals surface area (Å²) in [5, 5.41) is 15.7. The van der Waals surface area contributed by atoms with Crippen LogP contribution in [-0.2, 0) is 0 Å². The van der Waals surface area contributed by atoms with E-state index in [4.69, 9.17) is 22.0 Å². The summed E-state index contributed by atoms with van der Waals surface area (Å²) in [7, 11) is 0. The first kappa shape index (κ1) is 12.7. The SMILES string of the molecule is C/C(N)=C/C#N.CC(N)=CC#N. The van der Waals surface area contributed by atoms with Crippen molar-refractivity contribution in [2.24, 2.45) is 11.5 Å². The molecule has 0 aromatic heterocycles. The summed E-state index contributed by atoms with van der Waals surface area (Å²) >= 11 is 0. The van der Waals surface area contributed by atoms with Crippen molar-refractivity contribution in [1.29, 1.82) is 10.5 Å². The number of nitrogens with zero attached hydrogens (tertiary/aromatic N) is 2. The minimum Gasteiger partial charge on any atom is -0.402 e. The van der Waals surface area contributed by atoms with E-state index in [-0.39, 0.29) is 0 Å². The molecule has 0 atom stereocenters. The lowest BCUT2D eigenvalue weighted by atomic mass is 10.5. The quantitative estimate of drug-likeness (QED) is 0.516. The van der Waals surface area contributed by atoms with E-state index in [0.29, 0.717) is 11.4 Å². The molecule has 0 aliphatic heterocycles. The molecule has 4 N–H and O–H groups in total. The fourth-order valence-electron chi connectivity index (χ4n) is 0.204. The second-order valence-electron chi connectivity index (χ2n) is 2.03. The number of hydrogen-bond acceptors (Lipinski definition) is 4. The van der Waals surface area contributed by atoms with Gasteiger partial charge in [0.05, 0.1) is 12.1 Å². The highest BCUT2D eigenvalue weighted by molar-refractivity contribution is 5.07. The van der Waals surface area contributed by atoms with E-state index in [1.807, 2.05) is 0 Å². The fourth-order valence-corrected chi connectivity index (χ4v) is 0.204. The third-order valence-corrected chi connectivity index (χ3v) is 0.584. The molecule has 4 nitrogen and oxygen atoms in total. The first-order valence-corrected chi connectivity index (χ1v) is 3.18. The summed E-state index contributed by atoms with van der Waals surface area (Å²) in [5.74, 6) is 0. The minimum atomic E-state index is 0.553. The Morgan fingerprint density at radius 1 is 1.00 bits per heavy atom. The summed E-state index contributed by atoms with van der Waals surface area (Å²) in [5.41, 5.74) is 11.2. The lowest BCUT2D eigenvalue weighted by Crippen LogP contribution is -1.87. The minimum absolute atomic E-state index is 0.553. The molecule has 0 saturated heterocycles. The van der Waals surface area contributed by atoms with Crippen LogP contribution < -0.4 is 11.5 Å². The average Bonchev–Trinajstić information content (AvgIpc) is 1.87. The predicted octanol–water partition coefficient (Wildman–Crippen LogP) is 0.745. The molecule has 0 spiro atoms. The molecule has 0 aromatic rings. The number of rotatable bonds is 0. The largest absolute Gasteiger partial charge is 0.402 e. The van der Waals surface area contributed by atoms with Crippen molar-refractivity contribution in [3.05, 3.63) is 23.5 Å². The van der Waals surface area contributed by atoms with Gasteiger partial charge in [0.25, 0.3) is 0 Å². The van der Waals surface area contributed by atoms with Crippen LogP contribution in [0, 0.1) is 22.7 Å². The Morgan fingerprint density at radius 3 is 1.25 bits per heavy atom. The first-order chi connectivity index (χ1) is 5.54. The second-order valence-corrected chi connectivity index (χ2v) is 2.03. The van der Waals surface area contributed by atoms with Gasteiger partial charge in [-0.3, -0.25) is 0 Å². The zero-order valence-corrected chi connectivity index (χ0v) is 7.20. The van der Waals surface area contributed by atoms with Crippen LogP contribution in [0.5, 0.6) is 0 Å². The highest BCUT2D eigenvalue weighted by Gasteiger charge is 1.66. The van der Waals surface area contributed by atoms with Gasteiger partial charge in [-0.2, -0.15) is 10.5 Å². The molecule has 64 valence electrons. The Balaban J connectivity index is 0. The Bertz CT molecular complexity index is 213. The van der Waals surface area contributed by atoms with E-state index in [9.17, 15) is 0 Å². The van der Waals surface area contributed by atoms with Gasteiger partial charge in [0.15, 0.2) is 0 Å². The maximum Gasteiger partial charge on any atom is 0.0929 e. The molecule has 0 saturated carbocycles. The van der Waals surface area contributed by atoms with Crippen molar-refractivity contribution in [3.8, 4) is 12.1 Å². The van der Waals surface area contributed by atoms with Crippen molar-refractivity contribution in [2.45, 2.75) is 13.8 Å². The number of nitriles is 2. The molecule has 0 bridgehead atoms. The van der Waals surface area contributed by atoms with Crippen LogP contribution in [0.4, 0.5) is 0 Å². The van der Waals surface area contributed by atoms with Crippen LogP contribution in [0.1, 0.15) is 13.8 Å². The maximum atomic E-state index is 7.83. The van der Waals surface area contributed by atoms with Gasteiger partial charge in [0, 0.05) is 23.5 Å². The molecule has 0 radical (unpaired) electrons. The lowest BCUT2D eigenvalue weighted by molar-refractivity contribution is 1.31. The van der Waals surface area contributed by atoms with Crippen LogP contribution in [0.15, 0.2) is 23.5 Å². The zero-order chi connectivity index (χ0) is 9.98. The molecule has 0 amide bonds. The third-order valence-electron chi connectivity index (χ3n) is 0.584. The van der Waals surface area contributed by atoms with Gasteiger partial charge in [-0.1, -0.05) is 0 Å². The van der Waals surface area contributed by atoms with E-state index in [1.165, 1.54) is 12.2 Å². The standard InChI is InChI=1S/2C4H6N2/c2*1-4(6)2-3-5/h2*2H,6H2,1H3/b4-2-;. The maximum absolute atomic E-state index is 7.83. The summed E-state index contributed by atoms with van der Waals surface area (Å²) in [4.78, 5) is 0. The average molecular weight is 164 g/mol. The zero-order valence-electron chi connectivity index (χ0n) is 7.20. The van der Waals surface area contributed by atoms with E-state index in [2.05, 4.69) is 0 Å². The van der Waals surface area contributed by atoms with Crippen LogP contribution >= 0.6 is 0 Å². The van der Waals surface area contributed by atoms with E-state index in [0.717, 1.165) is 0 Å². The van der Waals surface area contributed by atoms with Crippen LogP contribution in [0.2, 0.25) is 0 Å². The number of hydrogen-bond donors (Lipinski definition) is 2. The molecular weight excluding hydrogens is 152 g/mol. The molecule has 0 aliphatic rings. The van der Waals surface area contributed by atoms with Gasteiger partial charge in [-0.25, -0.2) is 0 Å². The van der Waals surface area contributed by atoms with Crippen molar-refractivity contribution < 1.29 is 0 Å². The van der Waals surface area contributed by atoms with Gasteiger partial charge in [0.1, 0.15) is 0 Å². The summed E-state index contributed by atoms with van der Waals surface area (Å²) < 4.78 is 0. The van der Waals surface area contributed by atoms with Gasteiger partial charge >= 0.3 is 0 Å². The number of allylic oxidation sites excluding steroid dienone is 4. The molecule has 0 unspecified atom stereocenters. The normalized spacial score (nSPS) is 10.3. The van der Waals surface area contributed by atoms with Gasteiger partial charge < -0.3 is 11.5 Å². The smallest absolute Gasteiger partial charge is 0.0929 e. The highest BCUT2D eigenvalue weighted by Crippen LogP contribution is 1.72. The van der Waals surface area contributed by atoms with Gasteiger partial charge in [-0.05, 0) is 13.8 Å². The fraction of sp³-hybridized carbons (Fsp3) is 0.250. The molecule has 0 fully saturated rings. The second kappa shape index (κ2) is 9.06. The van der Waals surface area contributed by atoms with Crippen molar-refractivity contribution in [2.75, 3.05) is 0 Å².